The highest BCUT2D eigenvalue weighted by Gasteiger charge is 2.40. The summed E-state index contributed by atoms with van der Waals surface area (Å²) in [5.74, 6) is -0.988. The molecule has 1 saturated carbocycles. The number of nitrogens with zero attached hydrogens (tertiary/aromatic N) is 6. The van der Waals surface area contributed by atoms with Gasteiger partial charge < -0.3 is 19.9 Å². The Bertz CT molecular complexity index is 2270. The van der Waals surface area contributed by atoms with Gasteiger partial charge in [0.1, 0.15) is 23.0 Å². The molecule has 0 atom stereocenters. The molecule has 5 heterocycles. The number of aromatic nitrogens is 3. The Morgan fingerprint density at radius 1 is 0.950 bits per heavy atom. The van der Waals surface area contributed by atoms with E-state index < -0.39 is 35.5 Å². The molecular weight excluding hydrogens is 785 g/mol. The number of pyridine rings is 1. The lowest BCUT2D eigenvalue weighted by molar-refractivity contribution is -0.141. The number of anilines is 2. The van der Waals surface area contributed by atoms with Crippen LogP contribution in [0.2, 0.25) is 0 Å². The van der Waals surface area contributed by atoms with E-state index in [1.165, 1.54) is 49.1 Å². The number of methoxy groups -OCH3 is 1. The number of alkyl halides is 3. The van der Waals surface area contributed by atoms with Gasteiger partial charge in [-0.2, -0.15) is 18.3 Å². The highest BCUT2D eigenvalue weighted by molar-refractivity contribution is 6.06. The lowest BCUT2D eigenvalue weighted by Gasteiger charge is -2.46. The van der Waals surface area contributed by atoms with Crippen molar-refractivity contribution in [2.45, 2.75) is 76.4 Å². The van der Waals surface area contributed by atoms with Crippen molar-refractivity contribution in [2.24, 2.45) is 11.3 Å². The second-order valence-corrected chi connectivity index (χ2v) is 16.6. The van der Waals surface area contributed by atoms with Crippen LogP contribution in [0, 0.1) is 17.2 Å². The van der Waals surface area contributed by atoms with Gasteiger partial charge in [0.25, 0.3) is 11.8 Å². The fourth-order valence-corrected chi connectivity index (χ4v) is 9.30. The van der Waals surface area contributed by atoms with Crippen LogP contribution in [-0.2, 0) is 11.0 Å². The molecule has 4 fully saturated rings. The van der Waals surface area contributed by atoms with Gasteiger partial charge in [0.2, 0.25) is 5.91 Å². The molecule has 0 unspecified atom stereocenters. The van der Waals surface area contributed by atoms with Crippen LogP contribution in [0.25, 0.3) is 10.9 Å². The summed E-state index contributed by atoms with van der Waals surface area (Å²) in [7, 11) is 1.45. The van der Waals surface area contributed by atoms with Crippen molar-refractivity contribution in [3.8, 4) is 5.75 Å². The van der Waals surface area contributed by atoms with E-state index in [1.807, 2.05) is 15.8 Å². The number of urea groups is 1. The van der Waals surface area contributed by atoms with Crippen molar-refractivity contribution < 1.29 is 41.5 Å². The van der Waals surface area contributed by atoms with Gasteiger partial charge in [0, 0.05) is 62.4 Å². The lowest BCUT2D eigenvalue weighted by Crippen LogP contribution is -2.50. The summed E-state index contributed by atoms with van der Waals surface area (Å²) >= 11 is 0. The third-order valence-electron chi connectivity index (χ3n) is 13.0. The summed E-state index contributed by atoms with van der Waals surface area (Å²) in [4.78, 5) is 59.3. The summed E-state index contributed by atoms with van der Waals surface area (Å²) in [6.07, 6.45) is 6.88. The molecule has 5 amide bonds. The van der Waals surface area contributed by atoms with Gasteiger partial charge in [0.15, 0.2) is 0 Å². The standard InChI is InChI=1S/C43H48F4N8O5/c1-60-36-25-33-29(23-34(36)49-39(57)32-3-2-4-37(48-32)43(45,46)47)26-55(51-33)30-10-18-52(19-11-30)17-9-27-7-13-42(14-8-27)15-21-53(22-16-42)40(58)28-5-6-31(44)35(24-28)54-20-12-38(56)50-41(54)59/h2-6,23-27,30H,7-22H2,1H3,(H,49,57)(H,50,56,59). The van der Waals surface area contributed by atoms with Crippen molar-refractivity contribution in [3.05, 3.63) is 77.5 Å². The molecule has 0 bridgehead atoms. The number of amides is 5. The zero-order valence-electron chi connectivity index (χ0n) is 33.4. The number of carbonyl (C=O) groups is 4. The molecule has 3 aliphatic heterocycles. The molecule has 1 aliphatic carbocycles. The number of benzene rings is 2. The van der Waals surface area contributed by atoms with Crippen molar-refractivity contribution in [3.63, 3.8) is 0 Å². The first kappa shape index (κ1) is 41.2. The van der Waals surface area contributed by atoms with E-state index in [9.17, 15) is 36.7 Å². The molecule has 60 heavy (non-hydrogen) atoms. The maximum atomic E-state index is 14.7. The van der Waals surface area contributed by atoms with Crippen LogP contribution in [-0.4, -0.2) is 94.7 Å². The number of hydrogen-bond donors (Lipinski definition) is 2. The van der Waals surface area contributed by atoms with E-state index in [4.69, 9.17) is 9.84 Å². The normalized spacial score (nSPS) is 19.5. The highest BCUT2D eigenvalue weighted by atomic mass is 19.4. The molecule has 4 aliphatic rings. The zero-order chi connectivity index (χ0) is 42.2. The van der Waals surface area contributed by atoms with E-state index in [0.29, 0.717) is 41.5 Å². The monoisotopic (exact) mass is 832 g/mol. The average Bonchev–Trinajstić information content (AvgIpc) is 3.66. The molecule has 4 aromatic rings. The predicted molar refractivity (Wildman–Crippen MR) is 214 cm³/mol. The fourth-order valence-electron chi connectivity index (χ4n) is 9.30. The molecule has 3 saturated heterocycles. The van der Waals surface area contributed by atoms with Crippen LogP contribution in [0.1, 0.15) is 96.8 Å². The van der Waals surface area contributed by atoms with Crippen molar-refractivity contribution >= 4 is 46.0 Å². The number of piperidine rings is 2. The van der Waals surface area contributed by atoms with Crippen LogP contribution in [0.3, 0.4) is 0 Å². The minimum absolute atomic E-state index is 0.00243. The average molecular weight is 833 g/mol. The third-order valence-corrected chi connectivity index (χ3v) is 13.0. The summed E-state index contributed by atoms with van der Waals surface area (Å²) in [5.41, 5.74) is 0.0513. The number of hydrogen-bond acceptors (Lipinski definition) is 8. The lowest BCUT2D eigenvalue weighted by atomic mass is 9.65. The Hall–Kier alpha value is -5.58. The van der Waals surface area contributed by atoms with Crippen LogP contribution in [0.15, 0.2) is 54.7 Å². The van der Waals surface area contributed by atoms with Crippen LogP contribution < -0.4 is 20.3 Å². The Morgan fingerprint density at radius 3 is 2.40 bits per heavy atom. The van der Waals surface area contributed by atoms with Gasteiger partial charge >= 0.3 is 12.2 Å². The summed E-state index contributed by atoms with van der Waals surface area (Å²) < 4.78 is 61.7. The minimum Gasteiger partial charge on any atom is -0.494 e. The van der Waals surface area contributed by atoms with Crippen molar-refractivity contribution in [1.82, 2.24) is 29.9 Å². The Kier molecular flexibility index (Phi) is 11.5. The number of nitrogens with one attached hydrogen (secondary N) is 2. The topological polar surface area (TPSA) is 142 Å². The smallest absolute Gasteiger partial charge is 0.433 e. The summed E-state index contributed by atoms with van der Waals surface area (Å²) in [6, 6.07) is 10.2. The number of halogens is 4. The molecule has 13 nitrogen and oxygen atoms in total. The van der Waals surface area contributed by atoms with E-state index in [-0.39, 0.29) is 41.7 Å². The first-order chi connectivity index (χ1) is 28.8. The van der Waals surface area contributed by atoms with E-state index >= 15 is 0 Å². The van der Waals surface area contributed by atoms with E-state index in [0.717, 1.165) is 82.1 Å². The zero-order valence-corrected chi connectivity index (χ0v) is 33.4. The van der Waals surface area contributed by atoms with Gasteiger partial charge in [-0.05, 0) is 112 Å². The molecule has 8 rings (SSSR count). The summed E-state index contributed by atoms with van der Waals surface area (Å²) in [5, 5.41) is 10.4. The number of carbonyl (C=O) groups excluding carboxylic acids is 4. The molecule has 17 heteroatoms. The van der Waals surface area contributed by atoms with E-state index in [1.54, 1.807) is 12.1 Å². The number of ether oxygens (including phenoxy) is 1. The molecule has 1 spiro atoms. The van der Waals surface area contributed by atoms with Crippen molar-refractivity contribution in [2.75, 3.05) is 56.6 Å². The number of rotatable bonds is 9. The molecular formula is C43H48F4N8O5. The van der Waals surface area contributed by atoms with Crippen molar-refractivity contribution in [1.29, 1.82) is 0 Å². The molecule has 2 N–H and O–H groups in total. The van der Waals surface area contributed by atoms with Gasteiger partial charge in [-0.3, -0.25) is 29.3 Å². The van der Waals surface area contributed by atoms with Gasteiger partial charge in [0.05, 0.1) is 30.0 Å². The number of likely N-dealkylation sites (tertiary alicyclic amines) is 2. The maximum Gasteiger partial charge on any atom is 0.433 e. The Balaban J connectivity index is 0.786. The molecule has 0 radical (unpaired) electrons. The SMILES string of the molecule is COc1cc2nn(C3CCN(CCC4CCC5(CC4)CCN(C(=O)c4ccc(F)c(N6CCC(=O)NC6=O)c4)CC5)CC3)cc2cc1NC(=O)c1cccc(C(F)(F)F)n1. The molecule has 2 aromatic heterocycles. The molecule has 2 aromatic carbocycles. The van der Waals surface area contributed by atoms with Gasteiger partial charge in [-0.25, -0.2) is 14.2 Å². The predicted octanol–water partition coefficient (Wildman–Crippen LogP) is 7.44. The second kappa shape index (κ2) is 16.8. The Labute approximate surface area is 344 Å². The van der Waals surface area contributed by atoms with Gasteiger partial charge in [-0.1, -0.05) is 6.07 Å². The first-order valence-corrected chi connectivity index (χ1v) is 20.6. The summed E-state index contributed by atoms with van der Waals surface area (Å²) in [6.45, 7) is 4.29. The number of fused-ring (bicyclic) bond motifs is 1. The quantitative estimate of drug-likeness (QED) is 0.166. The highest BCUT2D eigenvalue weighted by Crippen LogP contribution is 2.47. The van der Waals surface area contributed by atoms with Gasteiger partial charge in [-0.15, -0.1) is 0 Å². The minimum atomic E-state index is -4.67. The van der Waals surface area contributed by atoms with Crippen LogP contribution in [0.5, 0.6) is 5.75 Å². The van der Waals surface area contributed by atoms with Crippen LogP contribution >= 0.6 is 0 Å². The third kappa shape index (κ3) is 8.81. The van der Waals surface area contributed by atoms with Crippen LogP contribution in [0.4, 0.5) is 33.7 Å². The molecule has 318 valence electrons. The maximum absolute atomic E-state index is 14.7. The largest absolute Gasteiger partial charge is 0.494 e. The fraction of sp³-hybridized carbons (Fsp3) is 0.488. The Morgan fingerprint density at radius 2 is 1.70 bits per heavy atom. The van der Waals surface area contributed by atoms with E-state index in [2.05, 4.69) is 20.5 Å². The first-order valence-electron chi connectivity index (χ1n) is 20.6. The number of imide groups is 1. The second-order valence-electron chi connectivity index (χ2n) is 16.6.